The highest BCUT2D eigenvalue weighted by molar-refractivity contribution is 6.27. The van der Waals surface area contributed by atoms with Gasteiger partial charge in [0.1, 0.15) is 11.2 Å². The number of hydrogen-bond donors (Lipinski definition) is 0. The van der Waals surface area contributed by atoms with Crippen molar-refractivity contribution in [2.75, 3.05) is 0 Å². The van der Waals surface area contributed by atoms with E-state index in [2.05, 4.69) is 182 Å². The monoisotopic (exact) mass is 622 g/mol. The summed E-state index contributed by atoms with van der Waals surface area (Å²) in [6, 6.07) is 65.6. The van der Waals surface area contributed by atoms with Gasteiger partial charge in [-0.3, -0.25) is 0 Å². The Bertz CT molecular complexity index is 2810. The number of benzene rings is 9. The lowest BCUT2D eigenvalue weighted by atomic mass is 9.82. The second-order valence-electron chi connectivity index (χ2n) is 12.7. The Morgan fingerprint density at radius 3 is 1.49 bits per heavy atom. The number of para-hydroxylation sites is 1. The standard InChI is InChI=1S/C48H30O/c1-2-15-32(16-3-1)34-26-13-29-43-47-42(28-14-30-44(47)49-48(34)43)46-40-24-10-8-22-38(40)45(39-23-9-11-25-41(39)46)37-21-7-6-20-36(37)35-27-12-18-31-17-4-5-19-33(31)35/h1-30H. The molecule has 10 rings (SSSR count). The van der Waals surface area contributed by atoms with Crippen molar-refractivity contribution in [1.82, 2.24) is 0 Å². The van der Waals surface area contributed by atoms with Crippen LogP contribution < -0.4 is 0 Å². The molecular formula is C48H30O. The van der Waals surface area contributed by atoms with Gasteiger partial charge in [-0.05, 0) is 77.3 Å². The van der Waals surface area contributed by atoms with Crippen molar-refractivity contribution < 1.29 is 4.42 Å². The van der Waals surface area contributed by atoms with Crippen LogP contribution in [0.15, 0.2) is 186 Å². The highest BCUT2D eigenvalue weighted by Gasteiger charge is 2.22. The van der Waals surface area contributed by atoms with Crippen LogP contribution in [0.2, 0.25) is 0 Å². The van der Waals surface area contributed by atoms with Gasteiger partial charge in [-0.15, -0.1) is 0 Å². The first-order chi connectivity index (χ1) is 24.3. The molecule has 0 spiro atoms. The van der Waals surface area contributed by atoms with Gasteiger partial charge in [-0.2, -0.15) is 0 Å². The SMILES string of the molecule is c1ccc(-c2cccc3c2oc2cccc(-c4c5ccccc5c(-c5ccccc5-c5cccc6ccccc56)c5ccccc45)c23)cc1. The predicted molar refractivity (Wildman–Crippen MR) is 208 cm³/mol. The Hall–Kier alpha value is -6.44. The molecule has 0 radical (unpaired) electrons. The molecule has 0 amide bonds. The lowest BCUT2D eigenvalue weighted by Crippen LogP contribution is -1.93. The maximum Gasteiger partial charge on any atom is 0.143 e. The van der Waals surface area contributed by atoms with Crippen molar-refractivity contribution in [3.63, 3.8) is 0 Å². The molecule has 0 N–H and O–H groups in total. The smallest absolute Gasteiger partial charge is 0.143 e. The Kier molecular flexibility index (Phi) is 6.25. The summed E-state index contributed by atoms with van der Waals surface area (Å²) >= 11 is 0. The minimum Gasteiger partial charge on any atom is -0.455 e. The Morgan fingerprint density at radius 2 is 0.755 bits per heavy atom. The molecule has 0 saturated carbocycles. The molecule has 1 aromatic heterocycles. The summed E-state index contributed by atoms with van der Waals surface area (Å²) in [6.45, 7) is 0. The average molecular weight is 623 g/mol. The van der Waals surface area contributed by atoms with Crippen LogP contribution in [0.3, 0.4) is 0 Å². The van der Waals surface area contributed by atoms with Crippen molar-refractivity contribution in [1.29, 1.82) is 0 Å². The van der Waals surface area contributed by atoms with E-state index in [4.69, 9.17) is 4.42 Å². The molecular weight excluding hydrogens is 593 g/mol. The van der Waals surface area contributed by atoms with E-state index >= 15 is 0 Å². The molecule has 49 heavy (non-hydrogen) atoms. The molecule has 0 unspecified atom stereocenters. The third-order valence-electron chi connectivity index (χ3n) is 10.1. The predicted octanol–water partition coefficient (Wildman–Crippen LogP) is 13.7. The van der Waals surface area contributed by atoms with Crippen molar-refractivity contribution in [3.8, 4) is 44.5 Å². The van der Waals surface area contributed by atoms with Crippen LogP contribution in [-0.2, 0) is 0 Å². The Morgan fingerprint density at radius 1 is 0.286 bits per heavy atom. The van der Waals surface area contributed by atoms with Crippen LogP contribution in [-0.4, -0.2) is 0 Å². The molecule has 1 heteroatoms. The van der Waals surface area contributed by atoms with Crippen molar-refractivity contribution in [2.24, 2.45) is 0 Å². The van der Waals surface area contributed by atoms with E-state index in [1.54, 1.807) is 0 Å². The maximum absolute atomic E-state index is 6.72. The summed E-state index contributed by atoms with van der Waals surface area (Å²) in [4.78, 5) is 0. The second kappa shape index (κ2) is 11.1. The fourth-order valence-electron chi connectivity index (χ4n) is 8.01. The number of rotatable bonds is 4. The number of furan rings is 1. The van der Waals surface area contributed by atoms with Gasteiger partial charge < -0.3 is 4.42 Å². The molecule has 228 valence electrons. The van der Waals surface area contributed by atoms with Crippen molar-refractivity contribution in [3.05, 3.63) is 182 Å². The molecule has 0 aliphatic carbocycles. The zero-order valence-corrected chi connectivity index (χ0v) is 26.7. The van der Waals surface area contributed by atoms with E-state index in [1.165, 1.54) is 65.7 Å². The number of hydrogen-bond acceptors (Lipinski definition) is 1. The van der Waals surface area contributed by atoms with Gasteiger partial charge in [-0.25, -0.2) is 0 Å². The molecule has 0 fully saturated rings. The van der Waals surface area contributed by atoms with Crippen LogP contribution in [0.25, 0.3) is 98.8 Å². The molecule has 0 saturated heterocycles. The van der Waals surface area contributed by atoms with Crippen LogP contribution in [0, 0.1) is 0 Å². The summed E-state index contributed by atoms with van der Waals surface area (Å²) in [5, 5.41) is 9.71. The average Bonchev–Trinajstić information content (AvgIpc) is 3.57. The largest absolute Gasteiger partial charge is 0.455 e. The van der Waals surface area contributed by atoms with Crippen LogP contribution in [0.4, 0.5) is 0 Å². The molecule has 0 aliphatic heterocycles. The van der Waals surface area contributed by atoms with Crippen molar-refractivity contribution >= 4 is 54.3 Å². The minimum atomic E-state index is 0.898. The van der Waals surface area contributed by atoms with Crippen LogP contribution in [0.1, 0.15) is 0 Å². The van der Waals surface area contributed by atoms with E-state index in [1.807, 2.05) is 0 Å². The first-order valence-corrected chi connectivity index (χ1v) is 16.9. The lowest BCUT2D eigenvalue weighted by Gasteiger charge is -2.20. The highest BCUT2D eigenvalue weighted by Crippen LogP contribution is 2.49. The highest BCUT2D eigenvalue weighted by atomic mass is 16.3. The van der Waals surface area contributed by atoms with E-state index < -0.39 is 0 Å². The Labute approximate surface area is 284 Å². The molecule has 1 nitrogen and oxygen atoms in total. The fraction of sp³-hybridized carbons (Fsp3) is 0. The van der Waals surface area contributed by atoms with E-state index in [9.17, 15) is 0 Å². The van der Waals surface area contributed by atoms with Gasteiger partial charge in [0.2, 0.25) is 0 Å². The number of fused-ring (bicyclic) bond motifs is 6. The molecule has 0 bridgehead atoms. The summed E-state index contributed by atoms with van der Waals surface area (Å²) in [7, 11) is 0. The van der Waals surface area contributed by atoms with Gasteiger partial charge in [0.05, 0.1) is 0 Å². The lowest BCUT2D eigenvalue weighted by molar-refractivity contribution is 0.670. The summed E-state index contributed by atoms with van der Waals surface area (Å²) in [6.07, 6.45) is 0. The zero-order valence-electron chi connectivity index (χ0n) is 26.7. The van der Waals surface area contributed by atoms with Gasteiger partial charge in [-0.1, -0.05) is 176 Å². The third-order valence-corrected chi connectivity index (χ3v) is 10.1. The van der Waals surface area contributed by atoms with Gasteiger partial charge >= 0.3 is 0 Å². The molecule has 10 aromatic rings. The van der Waals surface area contributed by atoms with Gasteiger partial charge in [0, 0.05) is 16.3 Å². The second-order valence-corrected chi connectivity index (χ2v) is 12.7. The van der Waals surface area contributed by atoms with E-state index in [0.717, 1.165) is 33.1 Å². The molecule has 0 atom stereocenters. The third kappa shape index (κ3) is 4.26. The maximum atomic E-state index is 6.72. The molecule has 0 aliphatic rings. The first kappa shape index (κ1) is 27.7. The zero-order chi connectivity index (χ0) is 32.3. The fourth-order valence-corrected chi connectivity index (χ4v) is 8.01. The molecule has 9 aromatic carbocycles. The Balaban J connectivity index is 1.30. The van der Waals surface area contributed by atoms with Crippen molar-refractivity contribution in [2.45, 2.75) is 0 Å². The van der Waals surface area contributed by atoms with Crippen LogP contribution >= 0.6 is 0 Å². The molecule has 1 heterocycles. The first-order valence-electron chi connectivity index (χ1n) is 16.9. The van der Waals surface area contributed by atoms with Gasteiger partial charge in [0.25, 0.3) is 0 Å². The summed E-state index contributed by atoms with van der Waals surface area (Å²) in [5.74, 6) is 0. The minimum absolute atomic E-state index is 0.898. The van der Waals surface area contributed by atoms with Gasteiger partial charge in [0.15, 0.2) is 0 Å². The normalized spacial score (nSPS) is 11.7. The topological polar surface area (TPSA) is 13.1 Å². The summed E-state index contributed by atoms with van der Waals surface area (Å²) < 4.78 is 6.72. The van der Waals surface area contributed by atoms with E-state index in [0.29, 0.717) is 0 Å². The summed E-state index contributed by atoms with van der Waals surface area (Å²) in [5.41, 5.74) is 11.5. The van der Waals surface area contributed by atoms with Crippen LogP contribution in [0.5, 0.6) is 0 Å². The van der Waals surface area contributed by atoms with E-state index in [-0.39, 0.29) is 0 Å². The quantitative estimate of drug-likeness (QED) is 0.178.